The maximum atomic E-state index is 4.55. The Hall–Kier alpha value is -1.03. The Morgan fingerprint density at radius 2 is 2.00 bits per heavy atom. The van der Waals surface area contributed by atoms with Crippen molar-refractivity contribution in [1.29, 1.82) is 0 Å². The molecule has 4 heteroatoms. The number of piperidine rings is 1. The number of nitrogens with zero attached hydrogens (tertiary/aromatic N) is 4. The van der Waals surface area contributed by atoms with Crippen LogP contribution in [0.25, 0.3) is 0 Å². The number of hydrogen-bond donors (Lipinski definition) is 0. The van der Waals surface area contributed by atoms with Gasteiger partial charge in [0.05, 0.1) is 12.7 Å². The monoisotopic (exact) mass is 207 g/mol. The molecule has 0 aromatic heterocycles. The van der Waals surface area contributed by atoms with E-state index in [1.165, 1.54) is 19.3 Å². The number of amidine groups is 1. The molecule has 83 valence electrons. The van der Waals surface area contributed by atoms with Crippen molar-refractivity contribution in [3.05, 3.63) is 12.0 Å². The zero-order chi connectivity index (χ0) is 10.7. The third-order valence-corrected chi connectivity index (χ3v) is 2.71. The Bertz CT molecular complexity index is 274. The van der Waals surface area contributed by atoms with Crippen LogP contribution in [0.2, 0.25) is 0 Å². The van der Waals surface area contributed by atoms with Gasteiger partial charge in [0, 0.05) is 13.1 Å². The standard InChI is InChI=1S/C11H19N4/c1-14(2)9-10-12-8-11(13-10)15-6-4-3-5-7-15/h8H,3-7,9H2,1-2H3. The molecule has 1 saturated heterocycles. The Balaban J connectivity index is 1.91. The van der Waals surface area contributed by atoms with Crippen LogP contribution in [0.4, 0.5) is 0 Å². The van der Waals surface area contributed by atoms with Crippen molar-refractivity contribution in [3.8, 4) is 0 Å². The molecule has 2 aliphatic heterocycles. The van der Waals surface area contributed by atoms with Gasteiger partial charge in [-0.05, 0) is 33.4 Å². The fourth-order valence-corrected chi connectivity index (χ4v) is 1.96. The second kappa shape index (κ2) is 4.66. The second-order valence-corrected chi connectivity index (χ2v) is 4.43. The minimum absolute atomic E-state index is 0.827. The summed E-state index contributed by atoms with van der Waals surface area (Å²) in [6.07, 6.45) is 5.84. The van der Waals surface area contributed by atoms with Crippen molar-refractivity contribution in [1.82, 2.24) is 15.1 Å². The van der Waals surface area contributed by atoms with Crippen LogP contribution >= 0.6 is 0 Å². The van der Waals surface area contributed by atoms with Gasteiger partial charge in [0.25, 0.3) is 0 Å². The molecular weight excluding hydrogens is 188 g/mol. The van der Waals surface area contributed by atoms with Crippen LogP contribution < -0.4 is 5.32 Å². The fourth-order valence-electron chi connectivity index (χ4n) is 1.96. The van der Waals surface area contributed by atoms with Gasteiger partial charge in [-0.1, -0.05) is 0 Å². The zero-order valence-electron chi connectivity index (χ0n) is 9.61. The van der Waals surface area contributed by atoms with Crippen LogP contribution in [0.3, 0.4) is 0 Å². The van der Waals surface area contributed by atoms with Crippen molar-refractivity contribution >= 4 is 5.84 Å². The summed E-state index contributed by atoms with van der Waals surface area (Å²) in [4.78, 5) is 8.98. The summed E-state index contributed by atoms with van der Waals surface area (Å²) in [5.74, 6) is 1.99. The number of rotatable bonds is 3. The van der Waals surface area contributed by atoms with Crippen LogP contribution in [-0.4, -0.2) is 49.4 Å². The second-order valence-electron chi connectivity index (χ2n) is 4.43. The highest BCUT2D eigenvalue weighted by Crippen LogP contribution is 2.17. The first-order chi connectivity index (χ1) is 7.25. The van der Waals surface area contributed by atoms with E-state index in [2.05, 4.69) is 20.1 Å². The quantitative estimate of drug-likeness (QED) is 0.687. The molecule has 0 saturated carbocycles. The molecule has 2 aliphatic rings. The first kappa shape index (κ1) is 10.5. The minimum atomic E-state index is 0.827. The van der Waals surface area contributed by atoms with E-state index in [9.17, 15) is 0 Å². The average molecular weight is 207 g/mol. The molecule has 0 amide bonds. The summed E-state index contributed by atoms with van der Waals surface area (Å²) in [6.45, 7) is 3.11. The number of likely N-dealkylation sites (tertiary alicyclic amines) is 1. The van der Waals surface area contributed by atoms with E-state index in [4.69, 9.17) is 0 Å². The van der Waals surface area contributed by atoms with Crippen LogP contribution in [0.1, 0.15) is 19.3 Å². The molecule has 0 aromatic rings. The lowest BCUT2D eigenvalue weighted by Crippen LogP contribution is -2.28. The molecule has 0 aliphatic carbocycles. The van der Waals surface area contributed by atoms with E-state index in [0.717, 1.165) is 31.3 Å². The summed E-state index contributed by atoms with van der Waals surface area (Å²) in [7, 11) is 4.08. The largest absolute Gasteiger partial charge is 0.355 e. The van der Waals surface area contributed by atoms with Crippen LogP contribution in [0, 0.1) is 0 Å². The average Bonchev–Trinajstić information content (AvgIpc) is 2.67. The van der Waals surface area contributed by atoms with Gasteiger partial charge < -0.3 is 9.80 Å². The summed E-state index contributed by atoms with van der Waals surface area (Å²) in [5.41, 5.74) is 0. The van der Waals surface area contributed by atoms with Crippen molar-refractivity contribution < 1.29 is 0 Å². The molecule has 0 bridgehead atoms. The lowest BCUT2D eigenvalue weighted by Gasteiger charge is -2.27. The predicted octanol–water partition coefficient (Wildman–Crippen LogP) is 0.849. The Kier molecular flexibility index (Phi) is 3.26. The van der Waals surface area contributed by atoms with Gasteiger partial charge in [-0.25, -0.2) is 10.3 Å². The first-order valence-electron chi connectivity index (χ1n) is 5.64. The molecule has 0 aromatic carbocycles. The molecule has 1 radical (unpaired) electrons. The van der Waals surface area contributed by atoms with Gasteiger partial charge in [-0.2, -0.15) is 0 Å². The molecule has 0 unspecified atom stereocenters. The maximum absolute atomic E-state index is 4.55. The summed E-state index contributed by atoms with van der Waals surface area (Å²) in [5, 5.41) is 4.34. The Labute approximate surface area is 91.7 Å². The number of aliphatic imine (C=N–C) groups is 1. The normalized spacial score (nSPS) is 21.4. The van der Waals surface area contributed by atoms with E-state index in [-0.39, 0.29) is 0 Å². The van der Waals surface area contributed by atoms with E-state index in [1.54, 1.807) is 0 Å². The molecule has 0 N–H and O–H groups in total. The number of hydrogen-bond acceptors (Lipinski definition) is 3. The van der Waals surface area contributed by atoms with Crippen LogP contribution in [0.15, 0.2) is 17.0 Å². The van der Waals surface area contributed by atoms with E-state index in [1.807, 2.05) is 20.3 Å². The highest BCUT2D eigenvalue weighted by Gasteiger charge is 2.18. The molecular formula is C11H19N4. The van der Waals surface area contributed by atoms with Gasteiger partial charge in [-0.3, -0.25) is 0 Å². The maximum Gasteiger partial charge on any atom is 0.149 e. The first-order valence-corrected chi connectivity index (χ1v) is 5.64. The van der Waals surface area contributed by atoms with Crippen molar-refractivity contribution in [2.75, 3.05) is 33.7 Å². The van der Waals surface area contributed by atoms with Crippen molar-refractivity contribution in [2.24, 2.45) is 4.99 Å². The van der Waals surface area contributed by atoms with E-state index in [0.29, 0.717) is 0 Å². The van der Waals surface area contributed by atoms with Gasteiger partial charge in [0.1, 0.15) is 11.7 Å². The predicted molar refractivity (Wildman–Crippen MR) is 61.6 cm³/mol. The molecule has 4 nitrogen and oxygen atoms in total. The Morgan fingerprint density at radius 1 is 1.27 bits per heavy atom. The van der Waals surface area contributed by atoms with E-state index < -0.39 is 0 Å². The molecule has 0 atom stereocenters. The van der Waals surface area contributed by atoms with Gasteiger partial charge >= 0.3 is 0 Å². The number of likely N-dealkylation sites (N-methyl/N-ethyl adjacent to an activating group) is 1. The molecule has 2 rings (SSSR count). The topological polar surface area (TPSA) is 32.9 Å². The molecule has 1 fully saturated rings. The van der Waals surface area contributed by atoms with Gasteiger partial charge in [-0.15, -0.1) is 0 Å². The van der Waals surface area contributed by atoms with Crippen molar-refractivity contribution in [3.63, 3.8) is 0 Å². The lowest BCUT2D eigenvalue weighted by molar-refractivity contribution is 0.283. The van der Waals surface area contributed by atoms with Crippen molar-refractivity contribution in [2.45, 2.75) is 19.3 Å². The highest BCUT2D eigenvalue weighted by molar-refractivity contribution is 5.87. The minimum Gasteiger partial charge on any atom is -0.355 e. The summed E-state index contributed by atoms with van der Waals surface area (Å²) < 4.78 is 0. The van der Waals surface area contributed by atoms with E-state index >= 15 is 0 Å². The Morgan fingerprint density at radius 3 is 2.67 bits per heavy atom. The molecule has 2 heterocycles. The molecule has 0 spiro atoms. The summed E-state index contributed by atoms with van der Waals surface area (Å²) >= 11 is 0. The van der Waals surface area contributed by atoms with Gasteiger partial charge in [0.2, 0.25) is 0 Å². The van der Waals surface area contributed by atoms with Crippen LogP contribution in [-0.2, 0) is 0 Å². The molecule has 15 heavy (non-hydrogen) atoms. The highest BCUT2D eigenvalue weighted by atomic mass is 15.3. The third kappa shape index (κ3) is 2.72. The van der Waals surface area contributed by atoms with Crippen LogP contribution in [0.5, 0.6) is 0 Å². The fraction of sp³-hybridized carbons (Fsp3) is 0.727. The third-order valence-electron chi connectivity index (χ3n) is 2.71. The smallest absolute Gasteiger partial charge is 0.149 e. The zero-order valence-corrected chi connectivity index (χ0v) is 9.61. The van der Waals surface area contributed by atoms with Gasteiger partial charge in [0.15, 0.2) is 0 Å². The summed E-state index contributed by atoms with van der Waals surface area (Å²) in [6, 6.07) is 0. The lowest BCUT2D eigenvalue weighted by atomic mass is 10.1. The SMILES string of the molecule is CN(C)CC1=NC(N2CCCCC2)=C[N]1.